The predicted octanol–water partition coefficient (Wildman–Crippen LogP) is 3.12. The Morgan fingerprint density at radius 3 is 2.52 bits per heavy atom. The first-order valence-electron chi connectivity index (χ1n) is 10.0. The molecule has 0 radical (unpaired) electrons. The van der Waals surface area contributed by atoms with Gasteiger partial charge in [0.25, 0.3) is 0 Å². The molecule has 4 aromatic rings. The van der Waals surface area contributed by atoms with Crippen molar-refractivity contribution in [2.45, 2.75) is 6.23 Å². The molecular formula is C24H22N4O5. The number of aliphatic hydroxyl groups excluding tert-OH is 1. The number of aromatic nitrogens is 3. The Morgan fingerprint density at radius 1 is 1.06 bits per heavy atom. The van der Waals surface area contributed by atoms with Crippen LogP contribution in [0.15, 0.2) is 72.6 Å². The average molecular weight is 446 g/mol. The molecular weight excluding hydrogens is 424 g/mol. The average Bonchev–Trinajstić information content (AvgIpc) is 3.28. The summed E-state index contributed by atoms with van der Waals surface area (Å²) in [6, 6.07) is 17.8. The SMILES string of the molecule is COc1ccc(-c2ccnc3cc(C(O)NC(=Cc4ccccc4)C(=O)O)nn23)cc1OC. The minimum absolute atomic E-state index is 0.168. The number of nitrogens with zero attached hydrogens (tertiary/aromatic N) is 3. The van der Waals surface area contributed by atoms with Crippen LogP contribution in [0.1, 0.15) is 17.5 Å². The van der Waals surface area contributed by atoms with Crippen molar-refractivity contribution in [2.75, 3.05) is 14.2 Å². The van der Waals surface area contributed by atoms with Gasteiger partial charge >= 0.3 is 5.97 Å². The highest BCUT2D eigenvalue weighted by Gasteiger charge is 2.19. The summed E-state index contributed by atoms with van der Waals surface area (Å²) in [7, 11) is 3.12. The van der Waals surface area contributed by atoms with Crippen molar-refractivity contribution < 1.29 is 24.5 Å². The third kappa shape index (κ3) is 4.63. The lowest BCUT2D eigenvalue weighted by atomic mass is 10.1. The first kappa shape index (κ1) is 21.8. The Balaban J connectivity index is 1.67. The summed E-state index contributed by atoms with van der Waals surface area (Å²) in [4.78, 5) is 16.0. The maximum atomic E-state index is 11.7. The highest BCUT2D eigenvalue weighted by molar-refractivity contribution is 5.91. The first-order valence-corrected chi connectivity index (χ1v) is 10.0. The third-order valence-electron chi connectivity index (χ3n) is 4.97. The van der Waals surface area contributed by atoms with Crippen LogP contribution >= 0.6 is 0 Å². The van der Waals surface area contributed by atoms with Crippen LogP contribution < -0.4 is 14.8 Å². The molecule has 0 saturated carbocycles. The lowest BCUT2D eigenvalue weighted by Gasteiger charge is -2.12. The van der Waals surface area contributed by atoms with Gasteiger partial charge < -0.3 is 25.0 Å². The van der Waals surface area contributed by atoms with Crippen molar-refractivity contribution in [3.8, 4) is 22.8 Å². The second-order valence-electron chi connectivity index (χ2n) is 7.06. The molecule has 1 unspecified atom stereocenters. The highest BCUT2D eigenvalue weighted by Crippen LogP contribution is 2.32. The van der Waals surface area contributed by atoms with E-state index in [2.05, 4.69) is 15.4 Å². The van der Waals surface area contributed by atoms with E-state index in [1.54, 1.807) is 67.4 Å². The second kappa shape index (κ2) is 9.41. The summed E-state index contributed by atoms with van der Waals surface area (Å²) in [6.45, 7) is 0. The van der Waals surface area contributed by atoms with Crippen LogP contribution in [0.2, 0.25) is 0 Å². The van der Waals surface area contributed by atoms with Gasteiger partial charge in [-0.3, -0.25) is 0 Å². The third-order valence-corrected chi connectivity index (χ3v) is 4.97. The quantitative estimate of drug-likeness (QED) is 0.279. The topological polar surface area (TPSA) is 118 Å². The number of rotatable bonds is 8. The number of carbonyl (C=O) groups is 1. The van der Waals surface area contributed by atoms with Crippen molar-refractivity contribution >= 4 is 17.7 Å². The van der Waals surface area contributed by atoms with Crippen molar-refractivity contribution in [1.82, 2.24) is 19.9 Å². The summed E-state index contributed by atoms with van der Waals surface area (Å²) < 4.78 is 12.3. The van der Waals surface area contributed by atoms with E-state index in [0.29, 0.717) is 28.4 Å². The van der Waals surface area contributed by atoms with Gasteiger partial charge in [-0.1, -0.05) is 30.3 Å². The van der Waals surface area contributed by atoms with Crippen LogP contribution in [0, 0.1) is 0 Å². The number of hydrogen-bond donors (Lipinski definition) is 3. The molecule has 0 aliphatic carbocycles. The fraction of sp³-hybridized carbons (Fsp3) is 0.125. The van der Waals surface area contributed by atoms with E-state index in [9.17, 15) is 15.0 Å². The molecule has 0 fully saturated rings. The number of nitrogens with one attached hydrogen (secondary N) is 1. The number of aliphatic hydroxyl groups is 1. The fourth-order valence-electron chi connectivity index (χ4n) is 3.36. The Morgan fingerprint density at radius 2 is 1.82 bits per heavy atom. The number of fused-ring (bicyclic) bond motifs is 1. The van der Waals surface area contributed by atoms with Gasteiger partial charge in [-0.2, -0.15) is 5.10 Å². The molecule has 2 aromatic heterocycles. The van der Waals surface area contributed by atoms with Gasteiger partial charge in [0.05, 0.1) is 19.9 Å². The Labute approximate surface area is 189 Å². The number of benzene rings is 2. The molecule has 33 heavy (non-hydrogen) atoms. The molecule has 1 atom stereocenters. The number of carboxylic acid groups (broad SMARTS) is 1. The zero-order valence-electron chi connectivity index (χ0n) is 18.0. The maximum absolute atomic E-state index is 11.7. The summed E-state index contributed by atoms with van der Waals surface area (Å²) in [5.74, 6) is -0.0456. The smallest absolute Gasteiger partial charge is 0.352 e. The zero-order chi connectivity index (χ0) is 23.4. The Kier molecular flexibility index (Phi) is 6.23. The van der Waals surface area contributed by atoms with Gasteiger partial charge in [0.1, 0.15) is 11.4 Å². The van der Waals surface area contributed by atoms with Gasteiger partial charge in [0, 0.05) is 17.8 Å². The van der Waals surface area contributed by atoms with Crippen LogP contribution in [0.3, 0.4) is 0 Å². The van der Waals surface area contributed by atoms with E-state index in [1.807, 2.05) is 18.2 Å². The molecule has 0 saturated heterocycles. The summed E-state index contributed by atoms with van der Waals surface area (Å²) >= 11 is 0. The monoisotopic (exact) mass is 446 g/mol. The first-order chi connectivity index (χ1) is 16.0. The van der Waals surface area contributed by atoms with Gasteiger partial charge in [-0.15, -0.1) is 0 Å². The molecule has 168 valence electrons. The van der Waals surface area contributed by atoms with E-state index in [1.165, 1.54) is 6.08 Å². The molecule has 0 aliphatic heterocycles. The molecule has 0 bridgehead atoms. The van der Waals surface area contributed by atoms with Crippen LogP contribution in [-0.2, 0) is 4.79 Å². The Hall–Kier alpha value is -4.37. The Bertz CT molecular complexity index is 1320. The molecule has 2 heterocycles. The highest BCUT2D eigenvalue weighted by atomic mass is 16.5. The number of hydrogen-bond acceptors (Lipinski definition) is 7. The van der Waals surface area contributed by atoms with Gasteiger partial charge in [-0.05, 0) is 35.9 Å². The number of carboxylic acids is 1. The minimum atomic E-state index is -1.36. The zero-order valence-corrected chi connectivity index (χ0v) is 18.0. The normalized spacial score (nSPS) is 12.4. The molecule has 4 rings (SSSR count). The maximum Gasteiger partial charge on any atom is 0.352 e. The molecule has 2 aromatic carbocycles. The van der Waals surface area contributed by atoms with Gasteiger partial charge in [0.15, 0.2) is 23.4 Å². The molecule has 3 N–H and O–H groups in total. The molecule has 9 heteroatoms. The molecule has 0 aliphatic rings. The van der Waals surface area contributed by atoms with E-state index >= 15 is 0 Å². The summed E-state index contributed by atoms with van der Waals surface area (Å²) in [5, 5.41) is 27.3. The van der Waals surface area contributed by atoms with Crippen LogP contribution in [0.25, 0.3) is 23.0 Å². The minimum Gasteiger partial charge on any atom is -0.493 e. The number of ether oxygens (including phenoxy) is 2. The van der Waals surface area contributed by atoms with Gasteiger partial charge in [-0.25, -0.2) is 14.3 Å². The van der Waals surface area contributed by atoms with Crippen LogP contribution in [0.4, 0.5) is 0 Å². The lowest BCUT2D eigenvalue weighted by Crippen LogP contribution is -2.25. The van der Waals surface area contributed by atoms with E-state index in [4.69, 9.17) is 9.47 Å². The van der Waals surface area contributed by atoms with Crippen LogP contribution in [0.5, 0.6) is 11.5 Å². The number of aliphatic carboxylic acids is 1. The second-order valence-corrected chi connectivity index (χ2v) is 7.06. The van der Waals surface area contributed by atoms with Gasteiger partial charge in [0.2, 0.25) is 0 Å². The number of methoxy groups -OCH3 is 2. The van der Waals surface area contributed by atoms with E-state index < -0.39 is 12.2 Å². The summed E-state index contributed by atoms with van der Waals surface area (Å²) in [6.07, 6.45) is 1.70. The van der Waals surface area contributed by atoms with Crippen LogP contribution in [-0.4, -0.2) is 45.0 Å². The van der Waals surface area contributed by atoms with E-state index in [0.717, 1.165) is 5.56 Å². The molecule has 0 spiro atoms. The van der Waals surface area contributed by atoms with E-state index in [-0.39, 0.29) is 11.4 Å². The largest absolute Gasteiger partial charge is 0.493 e. The van der Waals surface area contributed by atoms with Crippen molar-refractivity contribution in [2.24, 2.45) is 0 Å². The molecule has 0 amide bonds. The van der Waals surface area contributed by atoms with Crippen molar-refractivity contribution in [1.29, 1.82) is 0 Å². The predicted molar refractivity (Wildman–Crippen MR) is 122 cm³/mol. The summed E-state index contributed by atoms with van der Waals surface area (Å²) in [5.41, 5.74) is 2.73. The van der Waals surface area contributed by atoms with Crippen molar-refractivity contribution in [3.05, 3.63) is 83.8 Å². The molecule has 9 nitrogen and oxygen atoms in total. The fourth-order valence-corrected chi connectivity index (χ4v) is 3.36. The standard InChI is InChI=1S/C24H22N4O5/c1-32-20-9-8-16(13-21(20)33-2)19-10-11-25-22-14-17(27-28(19)22)23(29)26-18(24(30)31)12-15-6-4-3-5-7-15/h3-14,23,26,29H,1-2H3,(H,30,31). The lowest BCUT2D eigenvalue weighted by molar-refractivity contribution is -0.133. The van der Waals surface area contributed by atoms with Crippen molar-refractivity contribution in [3.63, 3.8) is 0 Å².